The highest BCUT2D eigenvalue weighted by molar-refractivity contribution is 5.89. The molecule has 3 N–H and O–H groups in total. The number of nitrogens with zero attached hydrogens (tertiary/aromatic N) is 2. The van der Waals surface area contributed by atoms with Crippen LogP contribution in [0.4, 0.5) is 0 Å². The minimum atomic E-state index is -1.00. The van der Waals surface area contributed by atoms with E-state index in [1.165, 1.54) is 11.8 Å². The lowest BCUT2D eigenvalue weighted by molar-refractivity contribution is 0.0589. The number of nitrogens with two attached hydrogens (primary N) is 1. The third-order valence-corrected chi connectivity index (χ3v) is 2.15. The predicted molar refractivity (Wildman–Crippen MR) is 53.2 cm³/mol. The standard InChI is InChI=1S/C9H15N3O3/c1-9(10,5-13)6-4-12(2)11-7(6)8(14)15-3/h4,13H,5,10H2,1-3H3. The van der Waals surface area contributed by atoms with Gasteiger partial charge in [0.1, 0.15) is 0 Å². The molecule has 0 bridgehead atoms. The van der Waals surface area contributed by atoms with Gasteiger partial charge in [0.2, 0.25) is 0 Å². The molecule has 84 valence electrons. The third-order valence-electron chi connectivity index (χ3n) is 2.15. The van der Waals surface area contributed by atoms with Crippen molar-refractivity contribution < 1.29 is 14.6 Å². The van der Waals surface area contributed by atoms with E-state index in [4.69, 9.17) is 10.8 Å². The smallest absolute Gasteiger partial charge is 0.358 e. The summed E-state index contributed by atoms with van der Waals surface area (Å²) in [5.41, 5.74) is 5.44. The van der Waals surface area contributed by atoms with Crippen molar-refractivity contribution in [2.24, 2.45) is 12.8 Å². The number of aryl methyl sites for hydroxylation is 1. The molecule has 0 aliphatic rings. The van der Waals surface area contributed by atoms with Gasteiger partial charge in [-0.3, -0.25) is 4.68 Å². The van der Waals surface area contributed by atoms with Gasteiger partial charge >= 0.3 is 5.97 Å². The number of rotatable bonds is 3. The lowest BCUT2D eigenvalue weighted by atomic mass is 9.95. The Kier molecular flexibility index (Phi) is 3.11. The Hall–Kier alpha value is -1.40. The molecule has 1 atom stereocenters. The van der Waals surface area contributed by atoms with Gasteiger partial charge in [0.05, 0.1) is 19.3 Å². The number of hydrogen-bond donors (Lipinski definition) is 2. The number of carbonyl (C=O) groups is 1. The van der Waals surface area contributed by atoms with Crippen LogP contribution < -0.4 is 5.73 Å². The zero-order valence-electron chi connectivity index (χ0n) is 9.02. The normalized spacial score (nSPS) is 14.7. The van der Waals surface area contributed by atoms with Crippen LogP contribution in [-0.2, 0) is 17.3 Å². The lowest BCUT2D eigenvalue weighted by Crippen LogP contribution is -2.38. The minimum absolute atomic E-state index is 0.138. The molecule has 0 aliphatic heterocycles. The van der Waals surface area contributed by atoms with Gasteiger partial charge in [-0.15, -0.1) is 0 Å². The Morgan fingerprint density at radius 2 is 2.40 bits per heavy atom. The van der Waals surface area contributed by atoms with E-state index in [1.54, 1.807) is 20.2 Å². The van der Waals surface area contributed by atoms with Crippen molar-refractivity contribution in [1.82, 2.24) is 9.78 Å². The Labute approximate surface area is 87.6 Å². The monoisotopic (exact) mass is 213 g/mol. The summed E-state index contributed by atoms with van der Waals surface area (Å²) in [5.74, 6) is -0.560. The van der Waals surface area contributed by atoms with Gasteiger partial charge in [-0.1, -0.05) is 0 Å². The second-order valence-corrected chi connectivity index (χ2v) is 3.63. The maximum Gasteiger partial charge on any atom is 0.358 e. The number of carbonyl (C=O) groups excluding carboxylic acids is 1. The van der Waals surface area contributed by atoms with E-state index in [-0.39, 0.29) is 12.3 Å². The van der Waals surface area contributed by atoms with E-state index in [1.807, 2.05) is 0 Å². The molecule has 6 nitrogen and oxygen atoms in total. The SMILES string of the molecule is COC(=O)c1nn(C)cc1C(C)(N)CO. The van der Waals surface area contributed by atoms with Crippen LogP contribution in [0.5, 0.6) is 0 Å². The third kappa shape index (κ3) is 2.16. The first-order valence-corrected chi connectivity index (χ1v) is 4.44. The van der Waals surface area contributed by atoms with E-state index in [0.717, 1.165) is 0 Å². The van der Waals surface area contributed by atoms with Gasteiger partial charge in [0.15, 0.2) is 5.69 Å². The Morgan fingerprint density at radius 1 is 1.80 bits per heavy atom. The minimum Gasteiger partial charge on any atom is -0.464 e. The molecule has 6 heteroatoms. The summed E-state index contributed by atoms with van der Waals surface area (Å²) < 4.78 is 6.04. The molecule has 0 aliphatic carbocycles. The maximum atomic E-state index is 11.4. The lowest BCUT2D eigenvalue weighted by Gasteiger charge is -2.20. The first-order valence-electron chi connectivity index (χ1n) is 4.44. The average molecular weight is 213 g/mol. The van der Waals surface area contributed by atoms with Gasteiger partial charge in [-0.25, -0.2) is 4.79 Å². The quantitative estimate of drug-likeness (QED) is 0.652. The van der Waals surface area contributed by atoms with Gasteiger partial charge in [-0.2, -0.15) is 5.10 Å². The Bertz CT molecular complexity index is 371. The molecule has 0 fully saturated rings. The highest BCUT2D eigenvalue weighted by atomic mass is 16.5. The van der Waals surface area contributed by atoms with Crippen LogP contribution in [0.1, 0.15) is 23.0 Å². The van der Waals surface area contributed by atoms with Crippen molar-refractivity contribution in [3.05, 3.63) is 17.5 Å². The molecule has 15 heavy (non-hydrogen) atoms. The molecule has 1 rings (SSSR count). The Balaban J connectivity index is 3.23. The molecule has 0 radical (unpaired) electrons. The Morgan fingerprint density at radius 3 is 2.87 bits per heavy atom. The van der Waals surface area contributed by atoms with Crippen molar-refractivity contribution in [2.75, 3.05) is 13.7 Å². The van der Waals surface area contributed by atoms with Crippen LogP contribution in [0.2, 0.25) is 0 Å². The number of methoxy groups -OCH3 is 1. The molecule has 1 unspecified atom stereocenters. The summed E-state index contributed by atoms with van der Waals surface area (Å²) in [6.07, 6.45) is 1.60. The van der Waals surface area contributed by atoms with Crippen LogP contribution in [0.15, 0.2) is 6.20 Å². The average Bonchev–Trinajstić information content (AvgIpc) is 2.60. The fourth-order valence-electron chi connectivity index (χ4n) is 1.24. The second-order valence-electron chi connectivity index (χ2n) is 3.63. The van der Waals surface area contributed by atoms with Crippen LogP contribution in [0.3, 0.4) is 0 Å². The molecule has 0 spiro atoms. The van der Waals surface area contributed by atoms with E-state index in [9.17, 15) is 4.79 Å². The summed E-state index contributed by atoms with van der Waals surface area (Å²) in [7, 11) is 2.94. The molecule has 0 amide bonds. The summed E-state index contributed by atoms with van der Waals surface area (Å²) in [6, 6.07) is 0. The molecule has 0 saturated carbocycles. The van der Waals surface area contributed by atoms with Crippen molar-refractivity contribution in [1.29, 1.82) is 0 Å². The summed E-state index contributed by atoms with van der Waals surface area (Å²) in [6.45, 7) is 1.35. The number of esters is 1. The van der Waals surface area contributed by atoms with Crippen molar-refractivity contribution in [2.45, 2.75) is 12.5 Å². The van der Waals surface area contributed by atoms with Crippen LogP contribution in [0.25, 0.3) is 0 Å². The van der Waals surface area contributed by atoms with Gasteiger partial charge in [0.25, 0.3) is 0 Å². The van der Waals surface area contributed by atoms with E-state index in [0.29, 0.717) is 5.56 Å². The molecule has 0 saturated heterocycles. The summed E-state index contributed by atoms with van der Waals surface area (Å²) in [4.78, 5) is 11.4. The maximum absolute atomic E-state index is 11.4. The van der Waals surface area contributed by atoms with Crippen LogP contribution in [-0.4, -0.2) is 34.6 Å². The molecule has 1 heterocycles. The first kappa shape index (κ1) is 11.7. The number of ether oxygens (including phenoxy) is 1. The molecule has 1 aromatic heterocycles. The largest absolute Gasteiger partial charge is 0.464 e. The first-order chi connectivity index (χ1) is 6.92. The number of aliphatic hydroxyl groups is 1. The van der Waals surface area contributed by atoms with Crippen molar-refractivity contribution >= 4 is 5.97 Å². The summed E-state index contributed by atoms with van der Waals surface area (Å²) in [5, 5.41) is 13.1. The van der Waals surface area contributed by atoms with E-state index >= 15 is 0 Å². The van der Waals surface area contributed by atoms with E-state index in [2.05, 4.69) is 9.84 Å². The van der Waals surface area contributed by atoms with Crippen molar-refractivity contribution in [3.63, 3.8) is 0 Å². The predicted octanol–water partition coefficient (Wildman–Crippen LogP) is -0.627. The molecular weight excluding hydrogens is 198 g/mol. The van der Waals surface area contributed by atoms with Crippen LogP contribution >= 0.6 is 0 Å². The van der Waals surface area contributed by atoms with Gasteiger partial charge in [0, 0.05) is 18.8 Å². The molecular formula is C9H15N3O3. The summed E-state index contributed by atoms with van der Waals surface area (Å²) >= 11 is 0. The topological polar surface area (TPSA) is 90.4 Å². The number of aliphatic hydroxyl groups excluding tert-OH is 1. The second kappa shape index (κ2) is 4.00. The van der Waals surface area contributed by atoms with E-state index < -0.39 is 11.5 Å². The zero-order chi connectivity index (χ0) is 11.6. The number of aromatic nitrogens is 2. The van der Waals surface area contributed by atoms with Gasteiger partial charge < -0.3 is 15.6 Å². The molecule has 1 aromatic rings. The fourth-order valence-corrected chi connectivity index (χ4v) is 1.24. The zero-order valence-corrected chi connectivity index (χ0v) is 9.02. The van der Waals surface area contributed by atoms with Crippen molar-refractivity contribution in [3.8, 4) is 0 Å². The van der Waals surface area contributed by atoms with Crippen LogP contribution in [0, 0.1) is 0 Å². The van der Waals surface area contributed by atoms with Gasteiger partial charge in [-0.05, 0) is 6.92 Å². The highest BCUT2D eigenvalue weighted by Crippen LogP contribution is 2.20. The fraction of sp³-hybridized carbons (Fsp3) is 0.556. The highest BCUT2D eigenvalue weighted by Gasteiger charge is 2.29. The molecule has 0 aromatic carbocycles. The number of hydrogen-bond acceptors (Lipinski definition) is 5.